The number of hydrogen-bond donors (Lipinski definition) is 1. The number of likely N-dealkylation sites (N-methyl/N-ethyl adjacent to an activating group) is 1. The van der Waals surface area contributed by atoms with Crippen molar-refractivity contribution in [2.45, 2.75) is 19.5 Å². The Morgan fingerprint density at radius 3 is 2.54 bits per heavy atom. The number of carbonyl (C=O) groups is 2. The average Bonchev–Trinajstić information content (AvgIpc) is 2.61. The van der Waals surface area contributed by atoms with E-state index in [0.29, 0.717) is 27.9 Å². The summed E-state index contributed by atoms with van der Waals surface area (Å²) >= 11 is 12.0. The van der Waals surface area contributed by atoms with Gasteiger partial charge in [-0.2, -0.15) is 0 Å². The molecule has 7 heteroatoms. The molecule has 0 aliphatic carbocycles. The predicted octanol–water partition coefficient (Wildman–Crippen LogP) is 3.78. The van der Waals surface area contributed by atoms with Crippen molar-refractivity contribution in [1.82, 2.24) is 10.2 Å². The van der Waals surface area contributed by atoms with Crippen molar-refractivity contribution >= 4 is 35.0 Å². The number of rotatable bonds is 6. The molecule has 1 atom stereocenters. The van der Waals surface area contributed by atoms with Crippen molar-refractivity contribution in [3.05, 3.63) is 63.6 Å². The second kappa shape index (κ2) is 8.92. The lowest BCUT2D eigenvalue weighted by atomic mass is 10.1. The van der Waals surface area contributed by atoms with Crippen LogP contribution < -0.4 is 10.1 Å². The Labute approximate surface area is 162 Å². The Hall–Kier alpha value is -2.24. The van der Waals surface area contributed by atoms with Crippen LogP contribution in [0.5, 0.6) is 5.75 Å². The number of nitrogens with zero attached hydrogens (tertiary/aromatic N) is 1. The summed E-state index contributed by atoms with van der Waals surface area (Å²) in [7, 11) is 3.21. The summed E-state index contributed by atoms with van der Waals surface area (Å²) in [6, 6.07) is 11.2. The highest BCUT2D eigenvalue weighted by molar-refractivity contribution is 6.33. The van der Waals surface area contributed by atoms with Gasteiger partial charge in [0.15, 0.2) is 0 Å². The van der Waals surface area contributed by atoms with E-state index in [1.807, 2.05) is 0 Å². The molecule has 1 N–H and O–H groups in total. The molecule has 2 aromatic rings. The van der Waals surface area contributed by atoms with Crippen molar-refractivity contribution in [2.24, 2.45) is 0 Å². The summed E-state index contributed by atoms with van der Waals surface area (Å²) in [5, 5.41) is 3.56. The van der Waals surface area contributed by atoms with Gasteiger partial charge in [-0.3, -0.25) is 9.59 Å². The summed E-state index contributed by atoms with van der Waals surface area (Å²) in [6.07, 6.45) is 0. The zero-order chi connectivity index (χ0) is 19.3. The summed E-state index contributed by atoms with van der Waals surface area (Å²) in [5.41, 5.74) is 1.11. The predicted molar refractivity (Wildman–Crippen MR) is 103 cm³/mol. The van der Waals surface area contributed by atoms with Crippen LogP contribution >= 0.6 is 23.2 Å². The third-order valence-electron chi connectivity index (χ3n) is 3.86. The van der Waals surface area contributed by atoms with Crippen LogP contribution in [0.4, 0.5) is 0 Å². The maximum Gasteiger partial charge on any atom is 0.253 e. The second-order valence-electron chi connectivity index (χ2n) is 5.83. The van der Waals surface area contributed by atoms with Gasteiger partial charge in [0.1, 0.15) is 11.8 Å². The zero-order valence-corrected chi connectivity index (χ0v) is 16.3. The number of hydrogen-bond acceptors (Lipinski definition) is 3. The van der Waals surface area contributed by atoms with Crippen molar-refractivity contribution in [2.75, 3.05) is 14.2 Å². The van der Waals surface area contributed by atoms with Crippen molar-refractivity contribution in [3.63, 3.8) is 0 Å². The largest absolute Gasteiger partial charge is 0.496 e. The fraction of sp³-hybridized carbons (Fsp3) is 0.263. The molecular weight excluding hydrogens is 375 g/mol. The first-order valence-electron chi connectivity index (χ1n) is 7.96. The highest BCUT2D eigenvalue weighted by Crippen LogP contribution is 2.24. The summed E-state index contributed by atoms with van der Waals surface area (Å²) in [4.78, 5) is 26.4. The van der Waals surface area contributed by atoms with Gasteiger partial charge in [-0.25, -0.2) is 0 Å². The molecule has 0 aliphatic rings. The lowest BCUT2D eigenvalue weighted by molar-refractivity contribution is -0.132. The fourth-order valence-electron chi connectivity index (χ4n) is 2.52. The van der Waals surface area contributed by atoms with E-state index in [1.165, 1.54) is 4.90 Å². The minimum Gasteiger partial charge on any atom is -0.496 e. The Morgan fingerprint density at radius 1 is 1.19 bits per heavy atom. The fourth-order valence-corrected chi connectivity index (χ4v) is 2.93. The van der Waals surface area contributed by atoms with Crippen LogP contribution in [0.1, 0.15) is 22.8 Å². The molecule has 0 bridgehead atoms. The molecule has 0 fully saturated rings. The molecule has 1 unspecified atom stereocenters. The van der Waals surface area contributed by atoms with E-state index in [2.05, 4.69) is 5.32 Å². The Morgan fingerprint density at radius 2 is 1.88 bits per heavy atom. The van der Waals surface area contributed by atoms with Gasteiger partial charge < -0.3 is 15.0 Å². The highest BCUT2D eigenvalue weighted by Gasteiger charge is 2.22. The number of benzene rings is 2. The van der Waals surface area contributed by atoms with Crippen molar-refractivity contribution in [1.29, 1.82) is 0 Å². The third-order valence-corrected chi connectivity index (χ3v) is 4.43. The molecule has 2 aromatic carbocycles. The Balaban J connectivity index is 2.05. The number of carbonyl (C=O) groups excluding carboxylic acids is 2. The molecule has 138 valence electrons. The monoisotopic (exact) mass is 394 g/mol. The summed E-state index contributed by atoms with van der Waals surface area (Å²) < 4.78 is 5.30. The zero-order valence-electron chi connectivity index (χ0n) is 14.8. The normalized spacial score (nSPS) is 11.6. The molecule has 2 rings (SSSR count). The molecule has 0 saturated heterocycles. The van der Waals surface area contributed by atoms with Gasteiger partial charge in [-0.1, -0.05) is 35.3 Å². The smallest absolute Gasteiger partial charge is 0.253 e. The van der Waals surface area contributed by atoms with Crippen LogP contribution in [-0.2, 0) is 11.3 Å². The first kappa shape index (κ1) is 20.1. The number of amides is 2. The molecule has 5 nitrogen and oxygen atoms in total. The minimum absolute atomic E-state index is 0.243. The molecule has 2 amide bonds. The van der Waals surface area contributed by atoms with E-state index in [1.54, 1.807) is 63.5 Å². The standard InChI is InChI=1S/C19H20Cl2N2O3/c1-12(22-18(24)15-6-4-5-7-16(15)21)19(25)23(2)11-13-10-14(20)8-9-17(13)26-3/h4-10,12H,11H2,1-3H3,(H,22,24). The van der Waals surface area contributed by atoms with E-state index in [4.69, 9.17) is 27.9 Å². The molecule has 0 spiro atoms. The molecule has 0 saturated carbocycles. The first-order chi connectivity index (χ1) is 12.3. The van der Waals surface area contributed by atoms with E-state index in [-0.39, 0.29) is 5.91 Å². The van der Waals surface area contributed by atoms with E-state index in [9.17, 15) is 9.59 Å². The maximum absolute atomic E-state index is 12.6. The van der Waals surface area contributed by atoms with Crippen LogP contribution in [0.2, 0.25) is 10.0 Å². The number of methoxy groups -OCH3 is 1. The van der Waals surface area contributed by atoms with Crippen molar-refractivity contribution in [3.8, 4) is 5.75 Å². The van der Waals surface area contributed by atoms with Crippen LogP contribution in [0.25, 0.3) is 0 Å². The molecular formula is C19H20Cl2N2O3. The Bertz CT molecular complexity index is 811. The van der Waals surface area contributed by atoms with Gasteiger partial charge in [0.2, 0.25) is 5.91 Å². The first-order valence-corrected chi connectivity index (χ1v) is 8.72. The average molecular weight is 395 g/mol. The van der Waals surface area contributed by atoms with Crippen molar-refractivity contribution < 1.29 is 14.3 Å². The van der Waals surface area contributed by atoms with E-state index < -0.39 is 11.9 Å². The molecule has 0 aromatic heterocycles. The summed E-state index contributed by atoms with van der Waals surface area (Å²) in [5.74, 6) is -0.000533. The van der Waals surface area contributed by atoms with Crippen LogP contribution in [0.15, 0.2) is 42.5 Å². The molecule has 0 radical (unpaired) electrons. The minimum atomic E-state index is -0.714. The lowest BCUT2D eigenvalue weighted by Crippen LogP contribution is -2.45. The summed E-state index contributed by atoms with van der Waals surface area (Å²) in [6.45, 7) is 1.93. The second-order valence-corrected chi connectivity index (χ2v) is 6.67. The quantitative estimate of drug-likeness (QED) is 0.810. The number of nitrogens with one attached hydrogen (secondary N) is 1. The van der Waals surface area contributed by atoms with Gasteiger partial charge in [0, 0.05) is 24.2 Å². The topological polar surface area (TPSA) is 58.6 Å². The maximum atomic E-state index is 12.6. The number of halogens is 2. The van der Waals surface area contributed by atoms with Gasteiger partial charge in [0.05, 0.1) is 17.7 Å². The van der Waals surface area contributed by atoms with Crippen LogP contribution in [0, 0.1) is 0 Å². The van der Waals surface area contributed by atoms with Crippen LogP contribution in [-0.4, -0.2) is 36.9 Å². The van der Waals surface area contributed by atoms with Gasteiger partial charge >= 0.3 is 0 Å². The lowest BCUT2D eigenvalue weighted by Gasteiger charge is -2.23. The van der Waals surface area contributed by atoms with Gasteiger partial charge in [-0.05, 0) is 37.3 Å². The van der Waals surface area contributed by atoms with E-state index in [0.717, 1.165) is 5.56 Å². The molecule has 26 heavy (non-hydrogen) atoms. The third kappa shape index (κ3) is 4.90. The highest BCUT2D eigenvalue weighted by atomic mass is 35.5. The van der Waals surface area contributed by atoms with E-state index >= 15 is 0 Å². The van der Waals surface area contributed by atoms with Crippen LogP contribution in [0.3, 0.4) is 0 Å². The van der Waals surface area contributed by atoms with Gasteiger partial charge in [-0.15, -0.1) is 0 Å². The molecule has 0 heterocycles. The number of ether oxygens (including phenoxy) is 1. The SMILES string of the molecule is COc1ccc(Cl)cc1CN(C)C(=O)C(C)NC(=O)c1ccccc1Cl. The molecule has 0 aliphatic heterocycles. The van der Waals surface area contributed by atoms with Gasteiger partial charge in [0.25, 0.3) is 5.91 Å². The Kier molecular flexibility index (Phi) is 6.89.